The van der Waals surface area contributed by atoms with E-state index in [1.54, 1.807) is 18.9 Å². The summed E-state index contributed by atoms with van der Waals surface area (Å²) in [5, 5.41) is 0. The van der Waals surface area contributed by atoms with E-state index in [0.29, 0.717) is 6.54 Å². The number of hydrogen-bond acceptors (Lipinski definition) is 3. The van der Waals surface area contributed by atoms with Gasteiger partial charge in [0.05, 0.1) is 12.0 Å². The van der Waals surface area contributed by atoms with E-state index in [1.165, 1.54) is 16.0 Å². The van der Waals surface area contributed by atoms with E-state index < -0.39 is 0 Å². The Morgan fingerprint density at radius 3 is 2.61 bits per heavy atom. The highest BCUT2D eigenvalue weighted by Crippen LogP contribution is 2.35. The molecule has 2 rings (SSSR count). The van der Waals surface area contributed by atoms with E-state index in [-0.39, 0.29) is 0 Å². The Kier molecular flexibility index (Phi) is 4.28. The first-order valence-corrected chi connectivity index (χ1v) is 6.66. The molecule has 2 N–H and O–H groups in total. The average Bonchev–Trinajstić information content (AvgIpc) is 2.39. The molecule has 0 aliphatic carbocycles. The first kappa shape index (κ1) is 13.0. The highest BCUT2D eigenvalue weighted by molar-refractivity contribution is 7.99. The summed E-state index contributed by atoms with van der Waals surface area (Å²) in [6.45, 7) is 2.68. The maximum absolute atomic E-state index is 5.67. The molecule has 2 aromatic carbocycles. The molecule has 0 fully saturated rings. The normalized spacial score (nSPS) is 10.4. The molecule has 2 aromatic rings. The monoisotopic (exact) mass is 259 g/mol. The Hall–Kier alpha value is -1.45. The molecule has 0 unspecified atom stereocenters. The van der Waals surface area contributed by atoms with Crippen LogP contribution in [0.15, 0.2) is 52.3 Å². The quantitative estimate of drug-likeness (QED) is 0.911. The van der Waals surface area contributed by atoms with E-state index >= 15 is 0 Å². The fourth-order valence-electron chi connectivity index (χ4n) is 1.79. The third kappa shape index (κ3) is 2.86. The lowest BCUT2D eigenvalue weighted by Crippen LogP contribution is -1.98. The van der Waals surface area contributed by atoms with Crippen LogP contribution in [0.2, 0.25) is 0 Å². The van der Waals surface area contributed by atoms with E-state index in [4.69, 9.17) is 10.5 Å². The summed E-state index contributed by atoms with van der Waals surface area (Å²) >= 11 is 1.71. The number of hydrogen-bond donors (Lipinski definition) is 1. The maximum Gasteiger partial charge on any atom is 0.132 e. The van der Waals surface area contributed by atoms with Gasteiger partial charge in [-0.05, 0) is 42.3 Å². The van der Waals surface area contributed by atoms with Gasteiger partial charge in [0.1, 0.15) is 5.75 Å². The van der Waals surface area contributed by atoms with Crippen LogP contribution in [-0.2, 0) is 6.54 Å². The van der Waals surface area contributed by atoms with Gasteiger partial charge in [-0.25, -0.2) is 0 Å². The van der Waals surface area contributed by atoms with Crippen molar-refractivity contribution < 1.29 is 4.74 Å². The number of ether oxygens (including phenoxy) is 1. The summed E-state index contributed by atoms with van der Waals surface area (Å²) in [5.74, 6) is 0.906. The lowest BCUT2D eigenvalue weighted by Gasteiger charge is -2.09. The molecule has 0 radical (unpaired) electrons. The van der Waals surface area contributed by atoms with Crippen molar-refractivity contribution in [3.63, 3.8) is 0 Å². The van der Waals surface area contributed by atoms with Crippen molar-refractivity contribution in [2.75, 3.05) is 7.11 Å². The van der Waals surface area contributed by atoms with E-state index in [2.05, 4.69) is 31.2 Å². The fourth-order valence-corrected chi connectivity index (χ4v) is 2.82. The lowest BCUT2D eigenvalue weighted by molar-refractivity contribution is 0.405. The molecule has 0 saturated heterocycles. The smallest absolute Gasteiger partial charge is 0.132 e. The molecule has 0 aromatic heterocycles. The summed E-state index contributed by atoms with van der Waals surface area (Å²) in [4.78, 5) is 2.33. The third-order valence-corrected chi connectivity index (χ3v) is 3.88. The largest absolute Gasteiger partial charge is 0.496 e. The molecule has 0 spiro atoms. The van der Waals surface area contributed by atoms with Crippen LogP contribution in [0.25, 0.3) is 0 Å². The van der Waals surface area contributed by atoms with Gasteiger partial charge in [-0.2, -0.15) is 0 Å². The topological polar surface area (TPSA) is 35.2 Å². The third-order valence-electron chi connectivity index (χ3n) is 2.83. The molecular weight excluding hydrogens is 242 g/mol. The molecule has 2 nitrogen and oxygen atoms in total. The Balaban J connectivity index is 2.26. The van der Waals surface area contributed by atoms with Gasteiger partial charge in [-0.15, -0.1) is 0 Å². The minimum absolute atomic E-state index is 0.589. The molecule has 0 atom stereocenters. The second-order valence-electron chi connectivity index (χ2n) is 4.05. The zero-order valence-electron chi connectivity index (χ0n) is 10.6. The fraction of sp³-hybridized carbons (Fsp3) is 0.200. The summed E-state index contributed by atoms with van der Waals surface area (Å²) in [5.41, 5.74) is 8.10. The predicted octanol–water partition coefficient (Wildman–Crippen LogP) is 3.61. The summed E-state index contributed by atoms with van der Waals surface area (Å²) in [6.07, 6.45) is 0. The number of nitrogens with two attached hydrogens (primary N) is 1. The standard InChI is InChI=1S/C15H17NOS/c1-11-9-13(8-7-12(11)10-16)18-15-6-4-3-5-14(15)17-2/h3-9H,10,16H2,1-2H3. The predicted molar refractivity (Wildman–Crippen MR) is 76.2 cm³/mol. The summed E-state index contributed by atoms with van der Waals surface area (Å²) in [6, 6.07) is 14.4. The number of rotatable bonds is 4. The highest BCUT2D eigenvalue weighted by atomic mass is 32.2. The van der Waals surface area contributed by atoms with Crippen LogP contribution in [0.5, 0.6) is 5.75 Å². The van der Waals surface area contributed by atoms with E-state index in [9.17, 15) is 0 Å². The van der Waals surface area contributed by atoms with Gasteiger partial charge in [-0.1, -0.05) is 30.0 Å². The molecule has 0 aliphatic rings. The Labute approximate surface area is 112 Å². The minimum Gasteiger partial charge on any atom is -0.496 e. The van der Waals surface area contributed by atoms with Crippen molar-refractivity contribution in [1.29, 1.82) is 0 Å². The summed E-state index contributed by atoms with van der Waals surface area (Å²) in [7, 11) is 1.70. The van der Waals surface area contributed by atoms with Gasteiger partial charge in [-0.3, -0.25) is 0 Å². The number of para-hydroxylation sites is 1. The molecule has 18 heavy (non-hydrogen) atoms. The van der Waals surface area contributed by atoms with Crippen LogP contribution in [0.3, 0.4) is 0 Å². The van der Waals surface area contributed by atoms with Crippen molar-refractivity contribution in [3.05, 3.63) is 53.6 Å². The first-order chi connectivity index (χ1) is 8.74. The molecule has 94 valence electrons. The van der Waals surface area contributed by atoms with Crippen LogP contribution in [0.1, 0.15) is 11.1 Å². The molecule has 0 saturated carbocycles. The average molecular weight is 259 g/mol. The Morgan fingerprint density at radius 1 is 1.17 bits per heavy atom. The van der Waals surface area contributed by atoms with Gasteiger partial charge in [0.15, 0.2) is 0 Å². The Bertz CT molecular complexity index is 540. The van der Waals surface area contributed by atoms with Gasteiger partial charge >= 0.3 is 0 Å². The first-order valence-electron chi connectivity index (χ1n) is 5.85. The van der Waals surface area contributed by atoms with Crippen molar-refractivity contribution in [2.24, 2.45) is 5.73 Å². The summed E-state index contributed by atoms with van der Waals surface area (Å²) < 4.78 is 5.35. The van der Waals surface area contributed by atoms with Crippen LogP contribution in [0, 0.1) is 6.92 Å². The number of benzene rings is 2. The molecular formula is C15H17NOS. The van der Waals surface area contributed by atoms with Crippen molar-refractivity contribution in [3.8, 4) is 5.75 Å². The molecule has 3 heteroatoms. The van der Waals surface area contributed by atoms with Crippen LogP contribution in [-0.4, -0.2) is 7.11 Å². The Morgan fingerprint density at radius 2 is 1.94 bits per heavy atom. The van der Waals surface area contributed by atoms with E-state index in [0.717, 1.165) is 10.6 Å². The number of methoxy groups -OCH3 is 1. The second-order valence-corrected chi connectivity index (χ2v) is 5.16. The van der Waals surface area contributed by atoms with Gasteiger partial charge in [0.2, 0.25) is 0 Å². The van der Waals surface area contributed by atoms with Crippen LogP contribution < -0.4 is 10.5 Å². The molecule has 0 amide bonds. The minimum atomic E-state index is 0.589. The van der Waals surface area contributed by atoms with Crippen molar-refractivity contribution in [1.82, 2.24) is 0 Å². The lowest BCUT2D eigenvalue weighted by atomic mass is 10.1. The van der Waals surface area contributed by atoms with Gasteiger partial charge < -0.3 is 10.5 Å². The van der Waals surface area contributed by atoms with E-state index in [1.807, 2.05) is 18.2 Å². The van der Waals surface area contributed by atoms with Gasteiger partial charge in [0, 0.05) is 11.4 Å². The number of aryl methyl sites for hydroxylation is 1. The van der Waals surface area contributed by atoms with Crippen LogP contribution >= 0.6 is 11.8 Å². The SMILES string of the molecule is COc1ccccc1Sc1ccc(CN)c(C)c1. The second kappa shape index (κ2) is 5.94. The molecule has 0 bridgehead atoms. The van der Waals surface area contributed by atoms with Crippen LogP contribution in [0.4, 0.5) is 0 Å². The van der Waals surface area contributed by atoms with Crippen molar-refractivity contribution >= 4 is 11.8 Å². The van der Waals surface area contributed by atoms with Gasteiger partial charge in [0.25, 0.3) is 0 Å². The molecule has 0 heterocycles. The highest BCUT2D eigenvalue weighted by Gasteiger charge is 2.05. The maximum atomic E-state index is 5.67. The van der Waals surface area contributed by atoms with Crippen molar-refractivity contribution in [2.45, 2.75) is 23.3 Å². The molecule has 0 aliphatic heterocycles. The zero-order valence-corrected chi connectivity index (χ0v) is 11.5. The zero-order chi connectivity index (χ0) is 13.0.